The number of sulfonamides is 1. The minimum Gasteiger partial charge on any atom is -0.493 e. The fraction of sp³-hybridized carbons (Fsp3) is 0.310. The summed E-state index contributed by atoms with van der Waals surface area (Å²) in [4.78, 5) is 28.4. The summed E-state index contributed by atoms with van der Waals surface area (Å²) in [5.74, 6) is -0.174. The van der Waals surface area contributed by atoms with Gasteiger partial charge >= 0.3 is 0 Å². The molecule has 40 heavy (non-hydrogen) atoms. The van der Waals surface area contributed by atoms with Gasteiger partial charge in [0.15, 0.2) is 11.5 Å². The lowest BCUT2D eigenvalue weighted by Crippen LogP contribution is -2.52. The zero-order valence-electron chi connectivity index (χ0n) is 23.0. The Labute approximate surface area is 240 Å². The summed E-state index contributed by atoms with van der Waals surface area (Å²) in [5, 5.41) is 3.31. The third kappa shape index (κ3) is 7.25. The maximum atomic E-state index is 14.0. The molecule has 2 amide bonds. The summed E-state index contributed by atoms with van der Waals surface area (Å²) in [6, 6.07) is 18.5. The van der Waals surface area contributed by atoms with E-state index in [2.05, 4.69) is 5.32 Å². The van der Waals surface area contributed by atoms with E-state index in [0.29, 0.717) is 29.5 Å². The number of carbonyl (C=O) groups is 2. The summed E-state index contributed by atoms with van der Waals surface area (Å²) in [6.45, 7) is 3.50. The number of likely N-dealkylation sites (N-methyl/N-ethyl adjacent to an activating group) is 1. The number of nitrogens with zero attached hydrogens (tertiary/aromatic N) is 2. The molecule has 0 fully saturated rings. The Balaban J connectivity index is 2.10. The van der Waals surface area contributed by atoms with Gasteiger partial charge in [-0.15, -0.1) is 0 Å². The van der Waals surface area contributed by atoms with Crippen LogP contribution in [0.3, 0.4) is 0 Å². The molecule has 0 saturated carbocycles. The lowest BCUT2D eigenvalue weighted by molar-refractivity contribution is -0.140. The van der Waals surface area contributed by atoms with Crippen molar-refractivity contribution in [1.29, 1.82) is 0 Å². The maximum Gasteiger partial charge on any atom is 0.264 e. The molecule has 3 rings (SSSR count). The number of halogens is 1. The Morgan fingerprint density at radius 2 is 1.57 bits per heavy atom. The number of hydrogen-bond donors (Lipinski definition) is 1. The van der Waals surface area contributed by atoms with E-state index in [4.69, 9.17) is 21.1 Å². The standard InChI is InChI=1S/C29H34ClN3O6S/c1-5-25(29(35)31-6-2)32(19-21-12-14-22(30)15-13-21)28(34)20-33(40(36,37)24-10-8-7-9-11-24)23-16-17-26(38-3)27(18-23)39-4/h7-18,25H,5-6,19-20H2,1-4H3,(H,31,35). The van der Waals surface area contributed by atoms with Gasteiger partial charge in [0.2, 0.25) is 11.8 Å². The predicted octanol–water partition coefficient (Wildman–Crippen LogP) is 4.50. The van der Waals surface area contributed by atoms with Gasteiger partial charge in [0.05, 0.1) is 24.8 Å². The molecule has 11 heteroatoms. The third-order valence-electron chi connectivity index (χ3n) is 6.27. The van der Waals surface area contributed by atoms with Gasteiger partial charge in [0.25, 0.3) is 10.0 Å². The minimum absolute atomic E-state index is 0.0117. The molecule has 0 heterocycles. The van der Waals surface area contributed by atoms with Crippen LogP contribution in [0.5, 0.6) is 11.5 Å². The summed E-state index contributed by atoms with van der Waals surface area (Å²) < 4.78 is 39.5. The van der Waals surface area contributed by atoms with E-state index >= 15 is 0 Å². The zero-order chi connectivity index (χ0) is 29.3. The van der Waals surface area contributed by atoms with Gasteiger partial charge < -0.3 is 19.7 Å². The van der Waals surface area contributed by atoms with Gasteiger partial charge in [-0.3, -0.25) is 13.9 Å². The van der Waals surface area contributed by atoms with E-state index in [0.717, 1.165) is 9.87 Å². The largest absolute Gasteiger partial charge is 0.493 e. The molecule has 3 aromatic rings. The fourth-order valence-electron chi connectivity index (χ4n) is 4.23. The molecule has 0 aliphatic rings. The molecule has 0 spiro atoms. The molecule has 0 radical (unpaired) electrons. The smallest absolute Gasteiger partial charge is 0.264 e. The Kier molecular flexibility index (Phi) is 10.8. The molecule has 0 aliphatic heterocycles. The average Bonchev–Trinajstić information content (AvgIpc) is 2.96. The second-order valence-electron chi connectivity index (χ2n) is 8.83. The van der Waals surface area contributed by atoms with Crippen LogP contribution >= 0.6 is 11.6 Å². The van der Waals surface area contributed by atoms with Crippen LogP contribution in [0.1, 0.15) is 25.8 Å². The molecule has 3 aromatic carbocycles. The molecule has 0 aromatic heterocycles. The van der Waals surface area contributed by atoms with Crippen molar-refractivity contribution in [3.8, 4) is 11.5 Å². The third-order valence-corrected chi connectivity index (χ3v) is 8.31. The van der Waals surface area contributed by atoms with Crippen molar-refractivity contribution in [2.45, 2.75) is 37.8 Å². The van der Waals surface area contributed by atoms with Crippen molar-refractivity contribution < 1.29 is 27.5 Å². The Morgan fingerprint density at radius 1 is 0.925 bits per heavy atom. The minimum atomic E-state index is -4.20. The van der Waals surface area contributed by atoms with Crippen LogP contribution in [0, 0.1) is 0 Å². The number of benzene rings is 3. The number of nitrogens with one attached hydrogen (secondary N) is 1. The van der Waals surface area contributed by atoms with Gasteiger partial charge in [-0.2, -0.15) is 0 Å². The SMILES string of the molecule is CCNC(=O)C(CC)N(Cc1ccc(Cl)cc1)C(=O)CN(c1ccc(OC)c(OC)c1)S(=O)(=O)c1ccccc1. The molecule has 1 atom stereocenters. The van der Waals surface area contributed by atoms with Crippen LogP contribution in [0.2, 0.25) is 5.02 Å². The van der Waals surface area contributed by atoms with Crippen LogP contribution in [-0.2, 0) is 26.2 Å². The molecule has 1 unspecified atom stereocenters. The van der Waals surface area contributed by atoms with Crippen molar-refractivity contribution in [1.82, 2.24) is 10.2 Å². The summed E-state index contributed by atoms with van der Waals surface area (Å²) >= 11 is 6.05. The van der Waals surface area contributed by atoms with Gasteiger partial charge in [0, 0.05) is 24.2 Å². The number of amides is 2. The summed E-state index contributed by atoms with van der Waals surface area (Å²) in [5.41, 5.74) is 0.941. The predicted molar refractivity (Wildman–Crippen MR) is 155 cm³/mol. The van der Waals surface area contributed by atoms with Gasteiger partial charge in [-0.05, 0) is 55.3 Å². The second kappa shape index (κ2) is 14.0. The van der Waals surface area contributed by atoms with Gasteiger partial charge in [0.1, 0.15) is 12.6 Å². The average molecular weight is 588 g/mol. The van der Waals surface area contributed by atoms with Crippen LogP contribution in [0.15, 0.2) is 77.7 Å². The van der Waals surface area contributed by atoms with E-state index in [-0.39, 0.29) is 23.0 Å². The number of hydrogen-bond acceptors (Lipinski definition) is 6. The number of methoxy groups -OCH3 is 2. The monoisotopic (exact) mass is 587 g/mol. The van der Waals surface area contributed by atoms with E-state index in [9.17, 15) is 18.0 Å². The highest BCUT2D eigenvalue weighted by Crippen LogP contribution is 2.34. The number of ether oxygens (including phenoxy) is 2. The van der Waals surface area contributed by atoms with E-state index < -0.39 is 28.5 Å². The lowest BCUT2D eigenvalue weighted by atomic mass is 10.1. The van der Waals surface area contributed by atoms with Crippen molar-refractivity contribution in [3.05, 3.63) is 83.4 Å². The van der Waals surface area contributed by atoms with Crippen molar-refractivity contribution in [2.24, 2.45) is 0 Å². The van der Waals surface area contributed by atoms with Crippen LogP contribution < -0.4 is 19.1 Å². The summed E-state index contributed by atoms with van der Waals surface area (Å²) in [7, 11) is -1.29. The van der Waals surface area contributed by atoms with Gasteiger partial charge in [-0.1, -0.05) is 48.9 Å². The zero-order valence-corrected chi connectivity index (χ0v) is 24.5. The lowest BCUT2D eigenvalue weighted by Gasteiger charge is -2.33. The molecular formula is C29H34ClN3O6S. The topological polar surface area (TPSA) is 105 Å². The highest BCUT2D eigenvalue weighted by Gasteiger charge is 2.33. The summed E-state index contributed by atoms with van der Waals surface area (Å²) in [6.07, 6.45) is 0.326. The molecule has 0 bridgehead atoms. The Hall–Kier alpha value is -3.76. The highest BCUT2D eigenvalue weighted by atomic mass is 35.5. The molecule has 9 nitrogen and oxygen atoms in total. The maximum absolute atomic E-state index is 14.0. The quantitative estimate of drug-likeness (QED) is 0.316. The van der Waals surface area contributed by atoms with Crippen molar-refractivity contribution in [2.75, 3.05) is 31.6 Å². The molecule has 0 aliphatic carbocycles. The van der Waals surface area contributed by atoms with E-state index in [1.165, 1.54) is 37.3 Å². The molecule has 0 saturated heterocycles. The Bertz CT molecular complexity index is 1400. The first-order valence-corrected chi connectivity index (χ1v) is 14.6. The number of carbonyl (C=O) groups excluding carboxylic acids is 2. The molecular weight excluding hydrogens is 554 g/mol. The van der Waals surface area contributed by atoms with Crippen LogP contribution in [0.4, 0.5) is 5.69 Å². The van der Waals surface area contributed by atoms with Crippen LogP contribution in [-0.4, -0.2) is 58.5 Å². The van der Waals surface area contributed by atoms with Crippen LogP contribution in [0.25, 0.3) is 0 Å². The Morgan fingerprint density at radius 3 is 2.15 bits per heavy atom. The molecule has 214 valence electrons. The fourth-order valence-corrected chi connectivity index (χ4v) is 5.78. The highest BCUT2D eigenvalue weighted by molar-refractivity contribution is 7.92. The van der Waals surface area contributed by atoms with E-state index in [1.807, 2.05) is 0 Å². The molecule has 1 N–H and O–H groups in total. The second-order valence-corrected chi connectivity index (χ2v) is 11.1. The van der Waals surface area contributed by atoms with Crippen molar-refractivity contribution >= 4 is 39.1 Å². The first-order valence-electron chi connectivity index (χ1n) is 12.8. The van der Waals surface area contributed by atoms with Crippen molar-refractivity contribution in [3.63, 3.8) is 0 Å². The van der Waals surface area contributed by atoms with Gasteiger partial charge in [-0.25, -0.2) is 8.42 Å². The first-order chi connectivity index (χ1) is 19.2. The van der Waals surface area contributed by atoms with E-state index in [1.54, 1.807) is 68.4 Å². The first kappa shape index (κ1) is 30.8. The normalized spacial score (nSPS) is 11.8. The number of anilines is 1. The number of rotatable bonds is 13.